The molecule has 36 heavy (non-hydrogen) atoms. The molecule has 6 aromatic rings. The number of aromatic nitrogens is 6. The molecule has 6 rings (SSSR count). The fourth-order valence-corrected chi connectivity index (χ4v) is 4.00. The largest absolute Gasteiger partial charge is 0.491 e. The van der Waals surface area contributed by atoms with Crippen molar-refractivity contribution < 1.29 is 13.5 Å². The molecule has 0 fully saturated rings. The Balaban J connectivity index is 0.000000149. The second kappa shape index (κ2) is 9.88. The minimum atomic E-state index is -0.353. The molecule has 0 atom stereocenters. The molecular formula is C25H16Cl2F2N6O. The first-order valence-electron chi connectivity index (χ1n) is 10.5. The number of hydrogen-bond acceptors (Lipinski definition) is 5. The minimum Gasteiger partial charge on any atom is -0.491 e. The molecule has 0 aliphatic heterocycles. The standard InChI is InChI=1S/C13H9ClFN3O.C12H7ClFN3/c1-19-11-7-16-18-12(14)6-10(17-13(11)18)8-4-2-3-5-9(8)15;13-11-7-10(8-3-1-2-4-9(8)14)16-12-5-6-15-17(11)12/h2-7H,1H3;1-7H. The Morgan fingerprint density at radius 1 is 0.750 bits per heavy atom. The van der Waals surface area contributed by atoms with Crippen molar-refractivity contribution in [2.24, 2.45) is 0 Å². The van der Waals surface area contributed by atoms with Crippen LogP contribution < -0.4 is 4.74 Å². The molecule has 7 nitrogen and oxygen atoms in total. The zero-order valence-electron chi connectivity index (χ0n) is 18.6. The van der Waals surface area contributed by atoms with Gasteiger partial charge in [-0.1, -0.05) is 47.5 Å². The molecule has 0 aliphatic carbocycles. The molecule has 2 aromatic carbocycles. The lowest BCUT2D eigenvalue weighted by molar-refractivity contribution is 0.418. The first-order chi connectivity index (χ1) is 17.5. The molecule has 180 valence electrons. The fourth-order valence-electron chi connectivity index (χ4n) is 3.54. The summed E-state index contributed by atoms with van der Waals surface area (Å²) in [5, 5.41) is 8.79. The summed E-state index contributed by atoms with van der Waals surface area (Å²) in [6.45, 7) is 0. The molecule has 0 aliphatic rings. The van der Waals surface area contributed by atoms with Gasteiger partial charge in [0.2, 0.25) is 0 Å². The van der Waals surface area contributed by atoms with E-state index in [1.807, 2.05) is 0 Å². The van der Waals surface area contributed by atoms with Crippen molar-refractivity contribution in [1.82, 2.24) is 29.2 Å². The second-order valence-corrected chi connectivity index (χ2v) is 8.21. The molecule has 11 heteroatoms. The SMILES string of the molecule is COc1cnn2c(Cl)cc(-c3ccccc3F)nc12.Fc1ccccc1-c1cc(Cl)n2nccc2n1. The number of fused-ring (bicyclic) bond motifs is 2. The van der Waals surface area contributed by atoms with Crippen LogP contribution in [0.5, 0.6) is 5.75 Å². The Hall–Kier alpha value is -4.08. The highest BCUT2D eigenvalue weighted by Gasteiger charge is 2.14. The average molecular weight is 525 g/mol. The Bertz CT molecular complexity index is 1700. The van der Waals surface area contributed by atoms with Crippen molar-refractivity contribution in [1.29, 1.82) is 0 Å². The van der Waals surface area contributed by atoms with Crippen molar-refractivity contribution in [2.75, 3.05) is 7.11 Å². The van der Waals surface area contributed by atoms with Crippen molar-refractivity contribution in [3.63, 3.8) is 0 Å². The van der Waals surface area contributed by atoms with Crippen molar-refractivity contribution in [3.8, 4) is 28.3 Å². The van der Waals surface area contributed by atoms with Crippen LogP contribution in [-0.4, -0.2) is 36.3 Å². The van der Waals surface area contributed by atoms with E-state index in [2.05, 4.69) is 20.2 Å². The van der Waals surface area contributed by atoms with Gasteiger partial charge in [0.1, 0.15) is 21.9 Å². The van der Waals surface area contributed by atoms with E-state index < -0.39 is 0 Å². The molecule has 0 spiro atoms. The number of benzene rings is 2. The van der Waals surface area contributed by atoms with Gasteiger partial charge in [-0.3, -0.25) is 0 Å². The molecule has 0 bridgehead atoms. The lowest BCUT2D eigenvalue weighted by atomic mass is 10.1. The summed E-state index contributed by atoms with van der Waals surface area (Å²) in [7, 11) is 1.52. The quantitative estimate of drug-likeness (QED) is 0.251. The van der Waals surface area contributed by atoms with Crippen LogP contribution in [0.25, 0.3) is 33.8 Å². The maximum atomic E-state index is 13.8. The molecular weight excluding hydrogens is 509 g/mol. The highest BCUT2D eigenvalue weighted by atomic mass is 35.5. The Labute approximate surface area is 213 Å². The monoisotopic (exact) mass is 524 g/mol. The summed E-state index contributed by atoms with van der Waals surface area (Å²) in [5.41, 5.74) is 2.80. The number of halogens is 4. The summed E-state index contributed by atoms with van der Waals surface area (Å²) in [5.74, 6) is -0.186. The van der Waals surface area contributed by atoms with E-state index in [9.17, 15) is 8.78 Å². The number of nitrogens with zero attached hydrogens (tertiary/aromatic N) is 6. The van der Waals surface area contributed by atoms with Gasteiger partial charge in [0, 0.05) is 29.3 Å². The van der Waals surface area contributed by atoms with Gasteiger partial charge in [0.15, 0.2) is 17.0 Å². The van der Waals surface area contributed by atoms with Crippen LogP contribution >= 0.6 is 23.2 Å². The van der Waals surface area contributed by atoms with E-state index in [0.717, 1.165) is 0 Å². The van der Waals surface area contributed by atoms with E-state index in [-0.39, 0.29) is 11.6 Å². The Morgan fingerprint density at radius 3 is 1.94 bits per heavy atom. The summed E-state index contributed by atoms with van der Waals surface area (Å²) in [6, 6.07) is 17.7. The normalized spacial score (nSPS) is 10.9. The minimum absolute atomic E-state index is 0.320. The summed E-state index contributed by atoms with van der Waals surface area (Å²) >= 11 is 12.2. The van der Waals surface area contributed by atoms with E-state index in [4.69, 9.17) is 27.9 Å². The second-order valence-electron chi connectivity index (χ2n) is 7.44. The molecule has 0 unspecified atom stereocenters. The molecule has 4 heterocycles. The molecule has 0 N–H and O–H groups in total. The van der Waals surface area contributed by atoms with Crippen molar-refractivity contribution in [3.05, 3.63) is 101 Å². The first-order valence-corrected chi connectivity index (χ1v) is 11.3. The molecule has 0 amide bonds. The van der Waals surface area contributed by atoms with Gasteiger partial charge in [-0.05, 0) is 24.3 Å². The van der Waals surface area contributed by atoms with Gasteiger partial charge in [-0.25, -0.2) is 23.3 Å². The number of rotatable bonds is 3. The zero-order valence-corrected chi connectivity index (χ0v) is 20.1. The van der Waals surface area contributed by atoms with Crippen LogP contribution in [0.2, 0.25) is 10.3 Å². The highest BCUT2D eigenvalue weighted by Crippen LogP contribution is 2.28. The fraction of sp³-hybridized carbons (Fsp3) is 0.0400. The van der Waals surface area contributed by atoms with E-state index >= 15 is 0 Å². The highest BCUT2D eigenvalue weighted by molar-refractivity contribution is 6.30. The predicted molar refractivity (Wildman–Crippen MR) is 133 cm³/mol. The summed E-state index contributed by atoms with van der Waals surface area (Å²) < 4.78 is 35.5. The third-order valence-corrected chi connectivity index (χ3v) is 5.77. The van der Waals surface area contributed by atoms with Gasteiger partial charge < -0.3 is 4.74 Å². The summed E-state index contributed by atoms with van der Waals surface area (Å²) in [6.07, 6.45) is 3.11. The van der Waals surface area contributed by atoms with E-state index in [0.29, 0.717) is 49.9 Å². The molecule has 0 saturated heterocycles. The summed E-state index contributed by atoms with van der Waals surface area (Å²) in [4.78, 5) is 8.65. The average Bonchev–Trinajstić information content (AvgIpc) is 3.52. The predicted octanol–water partition coefficient (Wildman–Crippen LogP) is 6.39. The Morgan fingerprint density at radius 2 is 1.33 bits per heavy atom. The van der Waals surface area contributed by atoms with E-state index in [1.54, 1.807) is 60.8 Å². The smallest absolute Gasteiger partial charge is 0.199 e. The van der Waals surface area contributed by atoms with E-state index in [1.165, 1.54) is 34.5 Å². The van der Waals surface area contributed by atoms with Gasteiger partial charge in [-0.2, -0.15) is 14.7 Å². The third-order valence-electron chi connectivity index (χ3n) is 5.23. The van der Waals surface area contributed by atoms with Crippen LogP contribution in [0.15, 0.2) is 79.1 Å². The van der Waals surface area contributed by atoms with Crippen LogP contribution in [0.4, 0.5) is 8.78 Å². The lowest BCUT2D eigenvalue weighted by Crippen LogP contribution is -1.96. The molecule has 4 aromatic heterocycles. The first kappa shape index (κ1) is 23.7. The van der Waals surface area contributed by atoms with Gasteiger partial charge in [0.05, 0.1) is 30.9 Å². The van der Waals surface area contributed by atoms with Gasteiger partial charge in [0.25, 0.3) is 0 Å². The van der Waals surface area contributed by atoms with Crippen LogP contribution in [0, 0.1) is 11.6 Å². The molecule has 0 saturated carbocycles. The topological polar surface area (TPSA) is 69.6 Å². The maximum absolute atomic E-state index is 13.8. The number of hydrogen-bond donors (Lipinski definition) is 0. The Kier molecular flexibility index (Phi) is 6.49. The maximum Gasteiger partial charge on any atom is 0.199 e. The van der Waals surface area contributed by atoms with Crippen molar-refractivity contribution >= 4 is 34.5 Å². The molecule has 0 radical (unpaired) electrons. The van der Waals surface area contributed by atoms with Crippen LogP contribution in [0.1, 0.15) is 0 Å². The van der Waals surface area contributed by atoms with Gasteiger partial charge >= 0.3 is 0 Å². The number of ether oxygens (including phenoxy) is 1. The number of methoxy groups -OCH3 is 1. The van der Waals surface area contributed by atoms with Crippen LogP contribution in [0.3, 0.4) is 0 Å². The van der Waals surface area contributed by atoms with Gasteiger partial charge in [-0.15, -0.1) is 0 Å². The third kappa shape index (κ3) is 4.46. The van der Waals surface area contributed by atoms with Crippen LogP contribution in [-0.2, 0) is 0 Å². The lowest BCUT2D eigenvalue weighted by Gasteiger charge is -2.05. The van der Waals surface area contributed by atoms with Crippen molar-refractivity contribution in [2.45, 2.75) is 0 Å². The zero-order chi connectivity index (χ0) is 25.2.